The summed E-state index contributed by atoms with van der Waals surface area (Å²) in [5.41, 5.74) is 2.34. The van der Waals surface area contributed by atoms with Crippen LogP contribution in [0, 0.1) is 5.92 Å². The first kappa shape index (κ1) is 18.1. The normalized spacial score (nSPS) is 19.1. The third-order valence-corrected chi connectivity index (χ3v) is 6.07. The van der Waals surface area contributed by atoms with E-state index < -0.39 is 5.97 Å². The number of rotatable bonds is 4. The Balaban J connectivity index is 1.80. The van der Waals surface area contributed by atoms with E-state index in [2.05, 4.69) is 50.1 Å². The monoisotopic (exact) mass is 424 g/mol. The zero-order chi connectivity index (χ0) is 18.8. The molecule has 27 heavy (non-hydrogen) atoms. The molecule has 1 N–H and O–H groups in total. The van der Waals surface area contributed by atoms with Gasteiger partial charge < -0.3 is 5.11 Å². The molecule has 2 unspecified atom stereocenters. The van der Waals surface area contributed by atoms with Gasteiger partial charge in [-0.1, -0.05) is 46.3 Å². The first-order valence-corrected chi connectivity index (χ1v) is 9.98. The fraction of sp³-hybridized carbons (Fsp3) is 0.273. The van der Waals surface area contributed by atoms with Crippen LogP contribution in [0.1, 0.15) is 30.0 Å². The maximum Gasteiger partial charge on any atom is 0.307 e. The minimum atomic E-state index is -0.699. The molecular formula is C22H21BrN2O2. The Morgan fingerprint density at radius 3 is 2.85 bits per heavy atom. The predicted octanol–water partition coefficient (Wildman–Crippen LogP) is 4.88. The summed E-state index contributed by atoms with van der Waals surface area (Å²) in [5.74, 6) is -1.01. The molecule has 2 heterocycles. The van der Waals surface area contributed by atoms with E-state index in [0.29, 0.717) is 6.54 Å². The molecule has 0 aliphatic carbocycles. The van der Waals surface area contributed by atoms with E-state index in [1.54, 1.807) is 6.20 Å². The van der Waals surface area contributed by atoms with Gasteiger partial charge in [0.05, 0.1) is 12.0 Å². The van der Waals surface area contributed by atoms with E-state index in [4.69, 9.17) is 0 Å². The fourth-order valence-corrected chi connectivity index (χ4v) is 4.50. The van der Waals surface area contributed by atoms with Gasteiger partial charge in [0.2, 0.25) is 0 Å². The number of aliphatic carboxylic acids is 1. The summed E-state index contributed by atoms with van der Waals surface area (Å²) in [6.07, 6.45) is 5.32. The topological polar surface area (TPSA) is 53.4 Å². The minimum absolute atomic E-state index is 0.0142. The highest BCUT2D eigenvalue weighted by Gasteiger charge is 2.32. The maximum atomic E-state index is 11.6. The lowest BCUT2D eigenvalue weighted by Crippen LogP contribution is -2.41. The molecule has 2 atom stereocenters. The summed E-state index contributed by atoms with van der Waals surface area (Å²) in [4.78, 5) is 18.1. The van der Waals surface area contributed by atoms with Crippen LogP contribution in [0.2, 0.25) is 0 Å². The number of aromatic nitrogens is 1. The second-order valence-electron chi connectivity index (χ2n) is 7.08. The number of hydrogen-bond donors (Lipinski definition) is 1. The average molecular weight is 425 g/mol. The third-order valence-electron chi connectivity index (χ3n) is 5.35. The predicted molar refractivity (Wildman–Crippen MR) is 110 cm³/mol. The number of halogens is 1. The Kier molecular flexibility index (Phi) is 5.23. The van der Waals surface area contributed by atoms with Crippen molar-refractivity contribution >= 4 is 32.7 Å². The van der Waals surface area contributed by atoms with Gasteiger partial charge in [0.15, 0.2) is 0 Å². The molecule has 0 saturated carbocycles. The molecule has 4 nitrogen and oxygen atoms in total. The number of nitrogens with zero attached hydrogens (tertiary/aromatic N) is 2. The van der Waals surface area contributed by atoms with E-state index in [-0.39, 0.29) is 12.0 Å². The van der Waals surface area contributed by atoms with Gasteiger partial charge in [0.25, 0.3) is 0 Å². The molecular weight excluding hydrogens is 404 g/mol. The highest BCUT2D eigenvalue weighted by atomic mass is 79.9. The third kappa shape index (κ3) is 3.75. The van der Waals surface area contributed by atoms with Gasteiger partial charge in [-0.05, 0) is 54.1 Å². The Bertz CT molecular complexity index is 975. The van der Waals surface area contributed by atoms with Crippen LogP contribution in [0.4, 0.5) is 0 Å². The highest BCUT2D eigenvalue weighted by molar-refractivity contribution is 9.10. The Hall–Kier alpha value is -2.24. The zero-order valence-corrected chi connectivity index (χ0v) is 16.5. The number of carbonyl (C=O) groups is 1. The summed E-state index contributed by atoms with van der Waals surface area (Å²) >= 11 is 3.70. The molecule has 0 radical (unpaired) electrons. The number of fused-ring (bicyclic) bond motifs is 1. The van der Waals surface area contributed by atoms with Gasteiger partial charge >= 0.3 is 5.97 Å². The van der Waals surface area contributed by atoms with Crippen LogP contribution in [-0.4, -0.2) is 34.0 Å². The molecule has 0 bridgehead atoms. The molecule has 1 fully saturated rings. The molecule has 1 saturated heterocycles. The second kappa shape index (κ2) is 7.79. The molecule has 138 valence electrons. The summed E-state index contributed by atoms with van der Waals surface area (Å²) in [6.45, 7) is 1.46. The molecule has 1 aliphatic rings. The van der Waals surface area contributed by atoms with E-state index in [0.717, 1.165) is 40.2 Å². The standard InChI is InChI=1S/C22H21BrN2O2/c23-20-6-2-1-5-19(20)21(25-11-3-4-18(14-25)22(26)27)16-7-8-17-13-24-10-9-15(17)12-16/h1-2,5-10,12-13,18,21H,3-4,11,14H2,(H,26,27). The maximum absolute atomic E-state index is 11.6. The van der Waals surface area contributed by atoms with Crippen molar-refractivity contribution in [1.29, 1.82) is 0 Å². The van der Waals surface area contributed by atoms with Crippen LogP contribution in [0.5, 0.6) is 0 Å². The minimum Gasteiger partial charge on any atom is -0.481 e. The summed E-state index contributed by atoms with van der Waals surface area (Å²) < 4.78 is 1.04. The molecule has 0 spiro atoms. The van der Waals surface area contributed by atoms with Crippen molar-refractivity contribution in [3.05, 3.63) is 76.5 Å². The number of carboxylic acid groups (broad SMARTS) is 1. The van der Waals surface area contributed by atoms with E-state index in [9.17, 15) is 9.90 Å². The van der Waals surface area contributed by atoms with E-state index in [1.165, 1.54) is 5.56 Å². The number of piperidine rings is 1. The van der Waals surface area contributed by atoms with Gasteiger partial charge in [-0.15, -0.1) is 0 Å². The van der Waals surface area contributed by atoms with Gasteiger partial charge in [-0.3, -0.25) is 14.7 Å². The molecule has 3 aromatic rings. The molecule has 0 amide bonds. The summed E-state index contributed by atoms with van der Waals surface area (Å²) in [6, 6.07) is 16.7. The molecule has 5 heteroatoms. The molecule has 4 rings (SSSR count). The number of benzene rings is 2. The van der Waals surface area contributed by atoms with Crippen LogP contribution >= 0.6 is 15.9 Å². The number of hydrogen-bond acceptors (Lipinski definition) is 3. The SMILES string of the molecule is O=C(O)C1CCCN(C(c2ccc3cnccc3c2)c2ccccc2Br)C1. The molecule has 1 aromatic heterocycles. The van der Waals surface area contributed by atoms with Crippen molar-refractivity contribution in [3.63, 3.8) is 0 Å². The number of likely N-dealkylation sites (tertiary alicyclic amines) is 1. The molecule has 1 aliphatic heterocycles. The zero-order valence-electron chi connectivity index (χ0n) is 14.9. The summed E-state index contributed by atoms with van der Waals surface area (Å²) in [7, 11) is 0. The van der Waals surface area contributed by atoms with Crippen LogP contribution in [0.3, 0.4) is 0 Å². The quantitative estimate of drug-likeness (QED) is 0.647. The van der Waals surface area contributed by atoms with E-state index >= 15 is 0 Å². The van der Waals surface area contributed by atoms with Crippen LogP contribution in [0.15, 0.2) is 65.4 Å². The Labute approximate surface area is 167 Å². The van der Waals surface area contributed by atoms with Gasteiger partial charge in [0, 0.05) is 28.8 Å². The van der Waals surface area contributed by atoms with Gasteiger partial charge in [0.1, 0.15) is 0 Å². The summed E-state index contributed by atoms with van der Waals surface area (Å²) in [5, 5.41) is 11.8. The number of pyridine rings is 1. The Morgan fingerprint density at radius 1 is 1.19 bits per heavy atom. The van der Waals surface area contributed by atoms with Crippen LogP contribution in [0.25, 0.3) is 10.8 Å². The lowest BCUT2D eigenvalue weighted by Gasteiger charge is -2.38. The molecule has 2 aromatic carbocycles. The van der Waals surface area contributed by atoms with Crippen molar-refractivity contribution in [2.45, 2.75) is 18.9 Å². The first-order chi connectivity index (χ1) is 13.1. The van der Waals surface area contributed by atoms with Gasteiger partial charge in [-0.2, -0.15) is 0 Å². The van der Waals surface area contributed by atoms with Crippen LogP contribution < -0.4 is 0 Å². The smallest absolute Gasteiger partial charge is 0.307 e. The lowest BCUT2D eigenvalue weighted by atomic mass is 9.90. The average Bonchev–Trinajstić information content (AvgIpc) is 2.70. The highest BCUT2D eigenvalue weighted by Crippen LogP contribution is 2.37. The van der Waals surface area contributed by atoms with Gasteiger partial charge in [-0.25, -0.2) is 0 Å². The van der Waals surface area contributed by atoms with Crippen molar-refractivity contribution in [3.8, 4) is 0 Å². The first-order valence-electron chi connectivity index (χ1n) is 9.18. The largest absolute Gasteiger partial charge is 0.481 e. The lowest BCUT2D eigenvalue weighted by molar-refractivity contribution is -0.143. The van der Waals surface area contributed by atoms with Crippen molar-refractivity contribution in [1.82, 2.24) is 9.88 Å². The van der Waals surface area contributed by atoms with Crippen molar-refractivity contribution in [2.75, 3.05) is 13.1 Å². The second-order valence-corrected chi connectivity index (χ2v) is 7.93. The van der Waals surface area contributed by atoms with Crippen LogP contribution in [-0.2, 0) is 4.79 Å². The fourth-order valence-electron chi connectivity index (χ4n) is 4.00. The van der Waals surface area contributed by atoms with Crippen molar-refractivity contribution in [2.24, 2.45) is 5.92 Å². The van der Waals surface area contributed by atoms with Crippen molar-refractivity contribution < 1.29 is 9.90 Å². The van der Waals surface area contributed by atoms with E-state index in [1.807, 2.05) is 30.5 Å². The Morgan fingerprint density at radius 2 is 2.04 bits per heavy atom. The number of carboxylic acids is 1.